The van der Waals surface area contributed by atoms with Gasteiger partial charge in [-0.25, -0.2) is 4.98 Å². The van der Waals surface area contributed by atoms with Gasteiger partial charge < -0.3 is 15.5 Å². The van der Waals surface area contributed by atoms with Crippen LogP contribution in [0.25, 0.3) is 5.65 Å². The number of nitrogens with two attached hydrogens (primary N) is 1. The highest BCUT2D eigenvalue weighted by Crippen LogP contribution is 2.47. The summed E-state index contributed by atoms with van der Waals surface area (Å²) in [5.74, 6) is 1.20. The lowest BCUT2D eigenvalue weighted by Gasteiger charge is -2.27. The van der Waals surface area contributed by atoms with Gasteiger partial charge in [0.15, 0.2) is 0 Å². The molecule has 7 heteroatoms. The molecule has 2 aromatic heterocycles. The van der Waals surface area contributed by atoms with Gasteiger partial charge in [-0.05, 0) is 48.8 Å². The van der Waals surface area contributed by atoms with Crippen molar-refractivity contribution in [2.45, 2.75) is 31.8 Å². The molecular weight excluding hydrogens is 335 g/mol. The van der Waals surface area contributed by atoms with Gasteiger partial charge in [0, 0.05) is 31.2 Å². The van der Waals surface area contributed by atoms with Gasteiger partial charge in [0.2, 0.25) is 5.91 Å². The quantitative estimate of drug-likeness (QED) is 0.884. The van der Waals surface area contributed by atoms with Crippen LogP contribution < -0.4 is 11.1 Å². The summed E-state index contributed by atoms with van der Waals surface area (Å²) >= 11 is 0. The predicted molar refractivity (Wildman–Crippen MR) is 93.8 cm³/mol. The van der Waals surface area contributed by atoms with E-state index in [1.165, 1.54) is 6.42 Å². The van der Waals surface area contributed by atoms with Gasteiger partial charge >= 0.3 is 0 Å². The molecule has 2 heterocycles. The number of carbonyl (C=O) groups excluding carboxylic acids is 1. The third-order valence-electron chi connectivity index (χ3n) is 5.21. The van der Waals surface area contributed by atoms with E-state index in [1.807, 2.05) is 28.9 Å². The number of fused-ring (bicyclic) bond motifs is 3. The SMILES string of the molecule is Cl.Cl.NC1C2CCC(C2)C1C(=O)NCc1ccn2ccnc2c1. The van der Waals surface area contributed by atoms with Crippen molar-refractivity contribution in [3.05, 3.63) is 36.3 Å². The van der Waals surface area contributed by atoms with Crippen LogP contribution >= 0.6 is 24.8 Å². The molecule has 2 fully saturated rings. The van der Waals surface area contributed by atoms with Gasteiger partial charge in [-0.1, -0.05) is 0 Å². The molecule has 2 saturated carbocycles. The first kappa shape index (κ1) is 18.0. The first-order valence-electron chi connectivity index (χ1n) is 7.67. The molecule has 2 aliphatic rings. The van der Waals surface area contributed by atoms with Crippen molar-refractivity contribution in [3.63, 3.8) is 0 Å². The normalized spacial score (nSPS) is 28.2. The molecule has 4 atom stereocenters. The monoisotopic (exact) mass is 356 g/mol. The number of aromatic nitrogens is 2. The summed E-state index contributed by atoms with van der Waals surface area (Å²) in [4.78, 5) is 16.7. The van der Waals surface area contributed by atoms with E-state index in [4.69, 9.17) is 5.73 Å². The Balaban J connectivity index is 0.000000960. The summed E-state index contributed by atoms with van der Waals surface area (Å²) in [6, 6.07) is 4.06. The molecule has 0 aromatic carbocycles. The topological polar surface area (TPSA) is 72.4 Å². The smallest absolute Gasteiger partial charge is 0.225 e. The third-order valence-corrected chi connectivity index (χ3v) is 5.21. The number of halogens is 2. The zero-order valence-electron chi connectivity index (χ0n) is 12.7. The zero-order chi connectivity index (χ0) is 14.4. The number of rotatable bonds is 3. The minimum atomic E-state index is 0. The van der Waals surface area contributed by atoms with E-state index in [1.54, 1.807) is 6.20 Å². The van der Waals surface area contributed by atoms with Crippen molar-refractivity contribution in [2.24, 2.45) is 23.5 Å². The molecule has 2 bridgehead atoms. The Hall–Kier alpha value is -1.30. The average molecular weight is 357 g/mol. The second-order valence-corrected chi connectivity index (χ2v) is 6.38. The van der Waals surface area contributed by atoms with Crippen LogP contribution in [-0.4, -0.2) is 21.3 Å². The van der Waals surface area contributed by atoms with E-state index in [0.29, 0.717) is 18.4 Å². The molecular formula is C16H22Cl2N4O. The lowest BCUT2D eigenvalue weighted by atomic mass is 9.84. The Morgan fingerprint density at radius 2 is 2.09 bits per heavy atom. The Morgan fingerprint density at radius 3 is 2.83 bits per heavy atom. The number of nitrogens with zero attached hydrogens (tertiary/aromatic N) is 2. The molecule has 1 amide bonds. The van der Waals surface area contributed by atoms with Gasteiger partial charge in [0.25, 0.3) is 0 Å². The molecule has 23 heavy (non-hydrogen) atoms. The summed E-state index contributed by atoms with van der Waals surface area (Å²) in [6.07, 6.45) is 9.15. The molecule has 2 aromatic rings. The summed E-state index contributed by atoms with van der Waals surface area (Å²) in [7, 11) is 0. The number of hydrogen-bond donors (Lipinski definition) is 2. The minimum absolute atomic E-state index is 0. The van der Waals surface area contributed by atoms with E-state index in [-0.39, 0.29) is 42.7 Å². The van der Waals surface area contributed by atoms with Crippen molar-refractivity contribution < 1.29 is 4.79 Å². The molecule has 126 valence electrons. The fraction of sp³-hybridized carbons (Fsp3) is 0.500. The van der Waals surface area contributed by atoms with Crippen LogP contribution in [0.5, 0.6) is 0 Å². The maximum absolute atomic E-state index is 12.4. The number of pyridine rings is 1. The summed E-state index contributed by atoms with van der Waals surface area (Å²) in [5, 5.41) is 3.06. The molecule has 0 spiro atoms. The molecule has 4 unspecified atom stereocenters. The minimum Gasteiger partial charge on any atom is -0.352 e. The van der Waals surface area contributed by atoms with Crippen molar-refractivity contribution in [1.29, 1.82) is 0 Å². The standard InChI is InChI=1S/C16H20N4O.2ClH/c17-15-12-2-1-11(8-12)14(15)16(21)19-9-10-3-5-20-6-4-18-13(20)7-10;;/h3-7,11-12,14-15H,1-2,8-9,17H2,(H,19,21);2*1H. The van der Waals surface area contributed by atoms with Crippen LogP contribution in [0.15, 0.2) is 30.7 Å². The summed E-state index contributed by atoms with van der Waals surface area (Å²) < 4.78 is 1.96. The van der Waals surface area contributed by atoms with Crippen LogP contribution in [0.3, 0.4) is 0 Å². The van der Waals surface area contributed by atoms with Crippen molar-refractivity contribution in [2.75, 3.05) is 0 Å². The Bertz CT molecular complexity index is 688. The van der Waals surface area contributed by atoms with Gasteiger partial charge in [0.05, 0.1) is 5.92 Å². The average Bonchev–Trinajstić information content (AvgIpc) is 3.19. The molecule has 5 nitrogen and oxygen atoms in total. The maximum atomic E-state index is 12.4. The number of hydrogen-bond acceptors (Lipinski definition) is 3. The van der Waals surface area contributed by atoms with Gasteiger partial charge in [0.1, 0.15) is 5.65 Å². The van der Waals surface area contributed by atoms with Crippen LogP contribution in [-0.2, 0) is 11.3 Å². The Labute approximate surface area is 147 Å². The van der Waals surface area contributed by atoms with E-state index in [0.717, 1.165) is 24.1 Å². The molecule has 3 N–H and O–H groups in total. The number of nitrogens with one attached hydrogen (secondary N) is 1. The van der Waals surface area contributed by atoms with E-state index in [2.05, 4.69) is 10.3 Å². The lowest BCUT2D eigenvalue weighted by Crippen LogP contribution is -2.45. The molecule has 4 rings (SSSR count). The fourth-order valence-corrected chi connectivity index (χ4v) is 4.09. The number of imidazole rings is 1. The highest BCUT2D eigenvalue weighted by Gasteiger charge is 2.48. The second kappa shape index (κ2) is 7.07. The van der Waals surface area contributed by atoms with Crippen LogP contribution in [0.1, 0.15) is 24.8 Å². The highest BCUT2D eigenvalue weighted by atomic mass is 35.5. The summed E-state index contributed by atoms with van der Waals surface area (Å²) in [6.45, 7) is 0.544. The van der Waals surface area contributed by atoms with Crippen LogP contribution in [0, 0.1) is 17.8 Å². The lowest BCUT2D eigenvalue weighted by molar-refractivity contribution is -0.127. The van der Waals surface area contributed by atoms with E-state index in [9.17, 15) is 4.79 Å². The molecule has 0 aliphatic heterocycles. The predicted octanol–water partition coefficient (Wildman–Crippen LogP) is 2.17. The third kappa shape index (κ3) is 3.18. The second-order valence-electron chi connectivity index (χ2n) is 6.38. The first-order chi connectivity index (χ1) is 10.2. The van der Waals surface area contributed by atoms with Crippen LogP contribution in [0.2, 0.25) is 0 Å². The van der Waals surface area contributed by atoms with Crippen molar-refractivity contribution in [3.8, 4) is 0 Å². The largest absolute Gasteiger partial charge is 0.352 e. The van der Waals surface area contributed by atoms with E-state index < -0.39 is 0 Å². The fourth-order valence-electron chi connectivity index (χ4n) is 4.09. The first-order valence-corrected chi connectivity index (χ1v) is 7.67. The van der Waals surface area contributed by atoms with Crippen LogP contribution in [0.4, 0.5) is 0 Å². The zero-order valence-corrected chi connectivity index (χ0v) is 14.4. The van der Waals surface area contributed by atoms with E-state index >= 15 is 0 Å². The van der Waals surface area contributed by atoms with Gasteiger partial charge in [-0.2, -0.15) is 0 Å². The molecule has 0 saturated heterocycles. The van der Waals surface area contributed by atoms with Crippen molar-refractivity contribution in [1.82, 2.24) is 14.7 Å². The Kier molecular flexibility index (Phi) is 5.55. The maximum Gasteiger partial charge on any atom is 0.225 e. The molecule has 0 radical (unpaired) electrons. The molecule has 2 aliphatic carbocycles. The summed E-state index contributed by atoms with van der Waals surface area (Å²) in [5.41, 5.74) is 8.19. The van der Waals surface area contributed by atoms with Gasteiger partial charge in [-0.3, -0.25) is 4.79 Å². The number of carbonyl (C=O) groups is 1. The Morgan fingerprint density at radius 1 is 1.30 bits per heavy atom. The van der Waals surface area contributed by atoms with Gasteiger partial charge in [-0.15, -0.1) is 24.8 Å². The number of amides is 1. The highest BCUT2D eigenvalue weighted by molar-refractivity contribution is 5.85. The van der Waals surface area contributed by atoms with Crippen molar-refractivity contribution >= 4 is 36.4 Å².